The van der Waals surface area contributed by atoms with Crippen molar-refractivity contribution in [2.24, 2.45) is 0 Å². The molecule has 0 bridgehead atoms. The largest absolute Gasteiger partial charge is 0.403 e. The number of hydrogen-bond donors (Lipinski definition) is 1. The monoisotopic (exact) mass is 433 g/mol. The van der Waals surface area contributed by atoms with E-state index in [4.69, 9.17) is 16.0 Å². The number of carbonyl (C=O) groups excluding carboxylic acids is 1. The maximum Gasteiger partial charge on any atom is 0.322 e. The number of nitrogens with zero attached hydrogens (tertiary/aromatic N) is 2. The van der Waals surface area contributed by atoms with Crippen molar-refractivity contribution >= 4 is 60.9 Å². The van der Waals surface area contributed by atoms with Crippen LogP contribution in [-0.2, 0) is 0 Å². The predicted octanol–water partition coefficient (Wildman–Crippen LogP) is 5.62. The maximum absolute atomic E-state index is 12.5. The first-order valence-electron chi connectivity index (χ1n) is 7.19. The summed E-state index contributed by atoms with van der Waals surface area (Å²) >= 11 is 11.0. The van der Waals surface area contributed by atoms with Gasteiger partial charge in [0.25, 0.3) is 5.91 Å². The SMILES string of the molecule is O=C(Nc1nnc(-c2ccc(Br)cc2)o1)c1sc2ccccc2c1Cl. The van der Waals surface area contributed by atoms with Crippen LogP contribution >= 0.6 is 38.9 Å². The highest BCUT2D eigenvalue weighted by atomic mass is 79.9. The van der Waals surface area contributed by atoms with E-state index in [0.717, 1.165) is 20.1 Å². The van der Waals surface area contributed by atoms with Gasteiger partial charge in [-0.2, -0.15) is 0 Å². The van der Waals surface area contributed by atoms with Gasteiger partial charge in [0.2, 0.25) is 5.89 Å². The van der Waals surface area contributed by atoms with E-state index in [9.17, 15) is 4.79 Å². The summed E-state index contributed by atoms with van der Waals surface area (Å²) in [5.74, 6) is -0.0533. The van der Waals surface area contributed by atoms with E-state index < -0.39 is 0 Å². The summed E-state index contributed by atoms with van der Waals surface area (Å²) in [6, 6.07) is 15.0. The van der Waals surface area contributed by atoms with Gasteiger partial charge in [0.15, 0.2) is 0 Å². The average Bonchev–Trinajstić information content (AvgIpc) is 3.21. The number of halogens is 2. The molecule has 0 saturated carbocycles. The number of thiophene rings is 1. The maximum atomic E-state index is 12.5. The molecular formula is C17H9BrClN3O2S. The molecule has 0 saturated heterocycles. The van der Waals surface area contributed by atoms with Crippen molar-refractivity contribution in [2.75, 3.05) is 5.32 Å². The van der Waals surface area contributed by atoms with Crippen LogP contribution < -0.4 is 5.32 Å². The van der Waals surface area contributed by atoms with Gasteiger partial charge in [-0.25, -0.2) is 0 Å². The van der Waals surface area contributed by atoms with Gasteiger partial charge in [-0.3, -0.25) is 10.1 Å². The molecule has 0 aliphatic heterocycles. The second-order valence-electron chi connectivity index (χ2n) is 5.11. The lowest BCUT2D eigenvalue weighted by Gasteiger charge is -1.98. The van der Waals surface area contributed by atoms with Crippen LogP contribution in [0.2, 0.25) is 5.02 Å². The lowest BCUT2D eigenvalue weighted by Crippen LogP contribution is -2.10. The third-order valence-electron chi connectivity index (χ3n) is 3.48. The van der Waals surface area contributed by atoms with Crippen molar-refractivity contribution in [3.05, 3.63) is 62.9 Å². The Morgan fingerprint density at radius 1 is 1.12 bits per heavy atom. The standard InChI is InChI=1S/C17H9BrClN3O2S/c18-10-7-5-9(6-8-10)16-21-22-17(24-16)20-15(23)14-13(19)11-3-1-2-4-12(11)25-14/h1-8H,(H,20,22,23). The number of hydrogen-bond acceptors (Lipinski definition) is 5. The Kier molecular flexibility index (Phi) is 4.29. The molecule has 0 fully saturated rings. The lowest BCUT2D eigenvalue weighted by molar-refractivity contribution is 0.102. The van der Waals surface area contributed by atoms with Crippen molar-refractivity contribution < 1.29 is 9.21 Å². The van der Waals surface area contributed by atoms with Gasteiger partial charge in [-0.15, -0.1) is 16.4 Å². The molecule has 0 spiro atoms. The fraction of sp³-hybridized carbons (Fsp3) is 0. The molecule has 2 aromatic carbocycles. The van der Waals surface area contributed by atoms with E-state index in [1.54, 1.807) is 0 Å². The molecule has 1 amide bonds. The van der Waals surface area contributed by atoms with Crippen molar-refractivity contribution in [1.82, 2.24) is 10.2 Å². The topological polar surface area (TPSA) is 68.0 Å². The second kappa shape index (κ2) is 6.59. The first-order chi connectivity index (χ1) is 12.1. The smallest absolute Gasteiger partial charge is 0.322 e. The zero-order valence-electron chi connectivity index (χ0n) is 12.5. The summed E-state index contributed by atoms with van der Waals surface area (Å²) in [5, 5.41) is 11.7. The molecule has 2 aromatic heterocycles. The second-order valence-corrected chi connectivity index (χ2v) is 7.46. The number of rotatable bonds is 3. The zero-order chi connectivity index (χ0) is 17.4. The van der Waals surface area contributed by atoms with E-state index in [2.05, 4.69) is 31.4 Å². The summed E-state index contributed by atoms with van der Waals surface area (Å²) in [7, 11) is 0. The van der Waals surface area contributed by atoms with Crippen LogP contribution in [0.1, 0.15) is 9.67 Å². The Balaban J connectivity index is 1.58. The molecule has 0 atom stereocenters. The summed E-state index contributed by atoms with van der Waals surface area (Å²) in [5.41, 5.74) is 0.760. The highest BCUT2D eigenvalue weighted by Crippen LogP contribution is 2.35. The number of anilines is 1. The van der Waals surface area contributed by atoms with Gasteiger partial charge in [0.1, 0.15) is 4.88 Å². The van der Waals surface area contributed by atoms with Gasteiger partial charge < -0.3 is 4.42 Å². The van der Waals surface area contributed by atoms with E-state index in [-0.39, 0.29) is 11.9 Å². The summed E-state index contributed by atoms with van der Waals surface area (Å²) in [6.45, 7) is 0. The van der Waals surface area contributed by atoms with Crippen molar-refractivity contribution in [1.29, 1.82) is 0 Å². The molecule has 4 aromatic rings. The number of nitrogens with one attached hydrogen (secondary N) is 1. The van der Waals surface area contributed by atoms with Crippen LogP contribution in [0.15, 0.2) is 57.4 Å². The highest BCUT2D eigenvalue weighted by molar-refractivity contribution is 9.10. The molecule has 25 heavy (non-hydrogen) atoms. The highest BCUT2D eigenvalue weighted by Gasteiger charge is 2.19. The Morgan fingerprint density at radius 3 is 2.64 bits per heavy atom. The third-order valence-corrected chi connectivity index (χ3v) is 5.68. The Hall–Kier alpha value is -2.22. The zero-order valence-corrected chi connectivity index (χ0v) is 15.7. The van der Waals surface area contributed by atoms with Gasteiger partial charge in [-0.05, 0) is 30.3 Å². The molecule has 0 radical (unpaired) electrons. The van der Waals surface area contributed by atoms with Crippen LogP contribution in [0.3, 0.4) is 0 Å². The van der Waals surface area contributed by atoms with Gasteiger partial charge >= 0.3 is 6.01 Å². The first kappa shape index (κ1) is 16.3. The molecule has 5 nitrogen and oxygen atoms in total. The Labute approximate surface area is 159 Å². The Bertz CT molecular complexity index is 1080. The predicted molar refractivity (Wildman–Crippen MR) is 102 cm³/mol. The number of amides is 1. The Morgan fingerprint density at radius 2 is 1.88 bits per heavy atom. The minimum Gasteiger partial charge on any atom is -0.403 e. The van der Waals surface area contributed by atoms with Crippen LogP contribution in [0.5, 0.6) is 0 Å². The number of fused-ring (bicyclic) bond motifs is 1. The molecule has 0 unspecified atom stereocenters. The van der Waals surface area contributed by atoms with Crippen LogP contribution in [0, 0.1) is 0 Å². The van der Waals surface area contributed by atoms with E-state index in [1.807, 2.05) is 48.5 Å². The quantitative estimate of drug-likeness (QED) is 0.454. The van der Waals surface area contributed by atoms with Crippen molar-refractivity contribution in [3.63, 3.8) is 0 Å². The molecule has 2 heterocycles. The molecular weight excluding hydrogens is 426 g/mol. The minimum absolute atomic E-state index is 0.0245. The summed E-state index contributed by atoms with van der Waals surface area (Å²) in [6.07, 6.45) is 0. The molecule has 0 aliphatic rings. The average molecular weight is 435 g/mol. The first-order valence-corrected chi connectivity index (χ1v) is 9.18. The van der Waals surface area contributed by atoms with Crippen LogP contribution in [-0.4, -0.2) is 16.1 Å². The fourth-order valence-corrected chi connectivity index (χ4v) is 3.97. The van der Waals surface area contributed by atoms with Crippen LogP contribution in [0.4, 0.5) is 6.01 Å². The van der Waals surface area contributed by atoms with Crippen molar-refractivity contribution in [2.45, 2.75) is 0 Å². The van der Waals surface area contributed by atoms with Crippen molar-refractivity contribution in [3.8, 4) is 11.5 Å². The van der Waals surface area contributed by atoms with E-state index in [1.165, 1.54) is 11.3 Å². The van der Waals surface area contributed by atoms with E-state index >= 15 is 0 Å². The molecule has 4 rings (SSSR count). The van der Waals surface area contributed by atoms with Gasteiger partial charge in [0.05, 0.1) is 5.02 Å². The molecule has 0 aliphatic carbocycles. The summed E-state index contributed by atoms with van der Waals surface area (Å²) in [4.78, 5) is 12.9. The molecule has 8 heteroatoms. The molecule has 1 N–H and O–H groups in total. The van der Waals surface area contributed by atoms with Gasteiger partial charge in [-0.1, -0.05) is 50.8 Å². The number of carbonyl (C=O) groups is 1. The number of benzene rings is 2. The van der Waals surface area contributed by atoms with Gasteiger partial charge in [0, 0.05) is 20.1 Å². The fourth-order valence-electron chi connectivity index (χ4n) is 2.30. The van der Waals surface area contributed by atoms with Crippen LogP contribution in [0.25, 0.3) is 21.5 Å². The third kappa shape index (κ3) is 3.18. The minimum atomic E-state index is -0.378. The van der Waals surface area contributed by atoms with E-state index in [0.29, 0.717) is 15.8 Å². The lowest BCUT2D eigenvalue weighted by atomic mass is 10.2. The normalized spacial score (nSPS) is 11.0. The number of aromatic nitrogens is 2. The summed E-state index contributed by atoms with van der Waals surface area (Å²) < 4.78 is 7.40. The molecule has 124 valence electrons.